The summed E-state index contributed by atoms with van der Waals surface area (Å²) in [4.78, 5) is 24.6. The van der Waals surface area contributed by atoms with Gasteiger partial charge in [-0.25, -0.2) is 4.79 Å². The fraction of sp³-hybridized carbons (Fsp3) is 0.583. The zero-order valence-electron chi connectivity index (χ0n) is 10.5. The van der Waals surface area contributed by atoms with Gasteiger partial charge in [0.05, 0.1) is 0 Å². The van der Waals surface area contributed by atoms with Gasteiger partial charge in [0.25, 0.3) is 5.91 Å². The third kappa shape index (κ3) is 2.23. The van der Waals surface area contributed by atoms with Crippen LogP contribution in [0.5, 0.6) is 0 Å². The predicted molar refractivity (Wildman–Crippen MR) is 64.4 cm³/mol. The number of likely N-dealkylation sites (tertiary alicyclic amines) is 1. The highest BCUT2D eigenvalue weighted by Gasteiger charge is 2.35. The van der Waals surface area contributed by atoms with E-state index in [9.17, 15) is 9.59 Å². The second kappa shape index (κ2) is 4.80. The number of aromatic nitrogens is 2. The van der Waals surface area contributed by atoms with Crippen LogP contribution in [-0.2, 0) is 4.79 Å². The molecular formula is C12H17N3O3. The van der Waals surface area contributed by atoms with Crippen LogP contribution in [0.2, 0.25) is 0 Å². The molecule has 1 aromatic heterocycles. The van der Waals surface area contributed by atoms with Gasteiger partial charge in [-0.2, -0.15) is 5.10 Å². The molecule has 6 heteroatoms. The number of H-pyrrole nitrogens is 1. The fourth-order valence-corrected chi connectivity index (χ4v) is 2.16. The van der Waals surface area contributed by atoms with Gasteiger partial charge >= 0.3 is 5.97 Å². The molecule has 0 bridgehead atoms. The van der Waals surface area contributed by atoms with E-state index in [2.05, 4.69) is 10.2 Å². The molecule has 1 fully saturated rings. The number of carbonyl (C=O) groups is 2. The highest BCUT2D eigenvalue weighted by Crippen LogP contribution is 2.21. The van der Waals surface area contributed by atoms with Crippen LogP contribution >= 0.6 is 0 Å². The Morgan fingerprint density at radius 2 is 2.28 bits per heavy atom. The number of hydrogen-bond acceptors (Lipinski definition) is 3. The molecule has 2 N–H and O–H groups in total. The number of nitrogens with one attached hydrogen (secondary N) is 1. The molecule has 1 aromatic rings. The van der Waals surface area contributed by atoms with Gasteiger partial charge in [0.15, 0.2) is 0 Å². The number of nitrogens with zero attached hydrogens (tertiary/aromatic N) is 2. The van der Waals surface area contributed by atoms with Crippen molar-refractivity contribution >= 4 is 11.9 Å². The van der Waals surface area contributed by atoms with Gasteiger partial charge in [0.1, 0.15) is 11.7 Å². The van der Waals surface area contributed by atoms with Crippen LogP contribution < -0.4 is 0 Å². The first kappa shape index (κ1) is 12.6. The first-order valence-electron chi connectivity index (χ1n) is 6.09. The first-order chi connectivity index (χ1) is 8.50. The Balaban J connectivity index is 2.17. The SMILES string of the molecule is CC(C)c1cc(C(=O)N2CCC[C@@H]2C(=O)O)n[nH]1. The number of rotatable bonds is 3. The third-order valence-corrected chi connectivity index (χ3v) is 3.24. The Kier molecular flexibility index (Phi) is 3.36. The van der Waals surface area contributed by atoms with Crippen LogP contribution in [0.1, 0.15) is 48.8 Å². The predicted octanol–water partition coefficient (Wildman–Crippen LogP) is 1.22. The minimum atomic E-state index is -0.944. The summed E-state index contributed by atoms with van der Waals surface area (Å²) in [5.41, 5.74) is 1.18. The smallest absolute Gasteiger partial charge is 0.326 e. The number of hydrogen-bond donors (Lipinski definition) is 2. The monoisotopic (exact) mass is 251 g/mol. The lowest BCUT2D eigenvalue weighted by Gasteiger charge is -2.19. The molecule has 0 spiro atoms. The summed E-state index contributed by atoms with van der Waals surface area (Å²) in [6.07, 6.45) is 1.24. The molecule has 0 aliphatic carbocycles. The van der Waals surface area contributed by atoms with Gasteiger partial charge in [0.2, 0.25) is 0 Å². The van der Waals surface area contributed by atoms with E-state index in [1.165, 1.54) is 4.90 Å². The maximum absolute atomic E-state index is 12.2. The third-order valence-electron chi connectivity index (χ3n) is 3.24. The molecule has 6 nitrogen and oxygen atoms in total. The number of carbonyl (C=O) groups excluding carboxylic acids is 1. The maximum atomic E-state index is 12.2. The van der Waals surface area contributed by atoms with Crippen LogP contribution in [0.15, 0.2) is 6.07 Å². The van der Waals surface area contributed by atoms with Crippen LogP contribution in [-0.4, -0.2) is 44.7 Å². The molecule has 1 amide bonds. The second-order valence-electron chi connectivity index (χ2n) is 4.86. The van der Waals surface area contributed by atoms with Crippen molar-refractivity contribution < 1.29 is 14.7 Å². The molecule has 0 unspecified atom stereocenters. The van der Waals surface area contributed by atoms with Gasteiger partial charge < -0.3 is 10.0 Å². The molecule has 1 aliphatic rings. The molecule has 18 heavy (non-hydrogen) atoms. The van der Waals surface area contributed by atoms with Crippen molar-refractivity contribution in [3.63, 3.8) is 0 Å². The van der Waals surface area contributed by atoms with E-state index < -0.39 is 12.0 Å². The number of carboxylic acids is 1. The topological polar surface area (TPSA) is 86.3 Å². The van der Waals surface area contributed by atoms with Crippen molar-refractivity contribution in [3.05, 3.63) is 17.5 Å². The molecule has 0 aromatic carbocycles. The van der Waals surface area contributed by atoms with E-state index in [1.54, 1.807) is 6.07 Å². The summed E-state index contributed by atoms with van der Waals surface area (Å²) in [6, 6.07) is 0.987. The molecular weight excluding hydrogens is 234 g/mol. The van der Waals surface area contributed by atoms with Crippen molar-refractivity contribution in [2.45, 2.75) is 38.6 Å². The van der Waals surface area contributed by atoms with Crippen LogP contribution in [0.3, 0.4) is 0 Å². The van der Waals surface area contributed by atoms with Crippen molar-refractivity contribution in [2.75, 3.05) is 6.54 Å². The van der Waals surface area contributed by atoms with E-state index in [0.717, 1.165) is 12.1 Å². The molecule has 1 atom stereocenters. The van der Waals surface area contributed by atoms with Gasteiger partial charge in [0, 0.05) is 12.2 Å². The average molecular weight is 251 g/mol. The second-order valence-corrected chi connectivity index (χ2v) is 4.86. The van der Waals surface area contributed by atoms with Crippen LogP contribution in [0.25, 0.3) is 0 Å². The number of amides is 1. The van der Waals surface area contributed by atoms with Crippen molar-refractivity contribution in [1.82, 2.24) is 15.1 Å². The zero-order valence-corrected chi connectivity index (χ0v) is 10.5. The van der Waals surface area contributed by atoms with Gasteiger partial charge in [-0.1, -0.05) is 13.8 Å². The molecule has 0 saturated carbocycles. The summed E-state index contributed by atoms with van der Waals surface area (Å²) in [7, 11) is 0. The Morgan fingerprint density at radius 1 is 1.56 bits per heavy atom. The van der Waals surface area contributed by atoms with E-state index in [1.807, 2.05) is 13.8 Å². The van der Waals surface area contributed by atoms with Crippen molar-refractivity contribution in [2.24, 2.45) is 0 Å². The van der Waals surface area contributed by atoms with Crippen molar-refractivity contribution in [3.8, 4) is 0 Å². The zero-order chi connectivity index (χ0) is 13.3. The van der Waals surface area contributed by atoms with Crippen LogP contribution in [0.4, 0.5) is 0 Å². The summed E-state index contributed by atoms with van der Waals surface area (Å²) in [6.45, 7) is 4.48. The standard InChI is InChI=1S/C12H17N3O3/c1-7(2)8-6-9(14-13-8)11(16)15-5-3-4-10(15)12(17)18/h6-7,10H,3-5H2,1-2H3,(H,13,14)(H,17,18)/t10-/m1/s1. The quantitative estimate of drug-likeness (QED) is 0.845. The van der Waals surface area contributed by atoms with Gasteiger partial charge in [-0.05, 0) is 24.8 Å². The normalized spacial score (nSPS) is 19.5. The Labute approximate surface area is 105 Å². The lowest BCUT2D eigenvalue weighted by Crippen LogP contribution is -2.40. The van der Waals surface area contributed by atoms with Gasteiger partial charge in [-0.3, -0.25) is 9.89 Å². The molecule has 0 radical (unpaired) electrons. The molecule has 2 heterocycles. The minimum absolute atomic E-state index is 0.257. The van der Waals surface area contributed by atoms with Gasteiger partial charge in [-0.15, -0.1) is 0 Å². The highest BCUT2D eigenvalue weighted by molar-refractivity contribution is 5.95. The molecule has 1 saturated heterocycles. The largest absolute Gasteiger partial charge is 0.480 e. The number of aromatic amines is 1. The molecule has 98 valence electrons. The summed E-state index contributed by atoms with van der Waals surface area (Å²) in [5.74, 6) is -0.989. The molecule has 1 aliphatic heterocycles. The fourth-order valence-electron chi connectivity index (χ4n) is 2.16. The van der Waals surface area contributed by atoms with E-state index in [-0.39, 0.29) is 11.8 Å². The maximum Gasteiger partial charge on any atom is 0.326 e. The van der Waals surface area contributed by atoms with E-state index in [0.29, 0.717) is 18.7 Å². The lowest BCUT2D eigenvalue weighted by molar-refractivity contribution is -0.141. The number of carboxylic acid groups (broad SMARTS) is 1. The lowest BCUT2D eigenvalue weighted by atomic mass is 10.1. The van der Waals surface area contributed by atoms with E-state index in [4.69, 9.17) is 5.11 Å². The first-order valence-corrected chi connectivity index (χ1v) is 6.09. The number of aliphatic carboxylic acids is 1. The Hall–Kier alpha value is -1.85. The average Bonchev–Trinajstić information content (AvgIpc) is 2.97. The Bertz CT molecular complexity index is 467. The summed E-state index contributed by atoms with van der Waals surface area (Å²) < 4.78 is 0. The molecule has 2 rings (SSSR count). The summed E-state index contributed by atoms with van der Waals surface area (Å²) >= 11 is 0. The Morgan fingerprint density at radius 3 is 2.83 bits per heavy atom. The summed E-state index contributed by atoms with van der Waals surface area (Å²) in [5, 5.41) is 15.8. The minimum Gasteiger partial charge on any atom is -0.480 e. The van der Waals surface area contributed by atoms with Crippen molar-refractivity contribution in [1.29, 1.82) is 0 Å². The van der Waals surface area contributed by atoms with E-state index >= 15 is 0 Å². The van der Waals surface area contributed by atoms with Crippen LogP contribution in [0, 0.1) is 0 Å². The highest BCUT2D eigenvalue weighted by atomic mass is 16.4.